The molecule has 0 unspecified atom stereocenters. The number of likely N-dealkylation sites (tertiary alicyclic amines) is 1. The first kappa shape index (κ1) is 21.0. The number of aromatic nitrogens is 7. The predicted octanol–water partition coefficient (Wildman–Crippen LogP) is 3.44. The average molecular weight is 443 g/mol. The van der Waals surface area contributed by atoms with Crippen LogP contribution in [-0.4, -0.2) is 52.8 Å². The highest BCUT2D eigenvalue weighted by atomic mass is 15.6. The van der Waals surface area contributed by atoms with Gasteiger partial charge in [-0.15, -0.1) is 10.2 Å². The van der Waals surface area contributed by atoms with Gasteiger partial charge in [0.2, 0.25) is 5.82 Å². The van der Waals surface area contributed by atoms with Crippen molar-refractivity contribution in [3.05, 3.63) is 48.4 Å². The summed E-state index contributed by atoms with van der Waals surface area (Å²) in [7, 11) is 0. The Morgan fingerprint density at radius 1 is 1.21 bits per heavy atom. The largest absolute Gasteiger partial charge is 0.338 e. The van der Waals surface area contributed by atoms with Gasteiger partial charge in [0.05, 0.1) is 12.1 Å². The Kier molecular flexibility index (Phi) is 5.71. The van der Waals surface area contributed by atoms with Crippen LogP contribution < -0.4 is 5.32 Å². The van der Waals surface area contributed by atoms with Crippen LogP contribution in [-0.2, 0) is 6.54 Å². The van der Waals surface area contributed by atoms with Gasteiger partial charge in [-0.3, -0.25) is 4.90 Å². The number of piperidine rings is 1. The monoisotopic (exact) mass is 442 g/mol. The van der Waals surface area contributed by atoms with Gasteiger partial charge in [0.15, 0.2) is 5.82 Å². The van der Waals surface area contributed by atoms with E-state index in [0.717, 1.165) is 60.6 Å². The Bertz CT molecular complexity index is 1290. The molecule has 168 valence electrons. The predicted molar refractivity (Wildman–Crippen MR) is 124 cm³/mol. The summed E-state index contributed by atoms with van der Waals surface area (Å²) in [4.78, 5) is 8.53. The maximum Gasteiger partial charge on any atom is 0.205 e. The van der Waals surface area contributed by atoms with Crippen molar-refractivity contribution in [2.45, 2.75) is 39.3 Å². The SMILES string of the molecule is CC(C)n1nnc(-c2cccc(Nc3ncnn4ccc(CN5CCC(C#N)CC5)c34)c2)n1. The molecule has 0 radical (unpaired) electrons. The third-order valence-electron chi connectivity index (χ3n) is 5.98. The Morgan fingerprint density at radius 2 is 2.06 bits per heavy atom. The number of nitrogens with zero attached hydrogens (tertiary/aromatic N) is 9. The summed E-state index contributed by atoms with van der Waals surface area (Å²) in [5, 5.41) is 29.8. The van der Waals surface area contributed by atoms with Crippen LogP contribution >= 0.6 is 0 Å². The van der Waals surface area contributed by atoms with Crippen LogP contribution in [0, 0.1) is 17.2 Å². The molecule has 1 aliphatic rings. The van der Waals surface area contributed by atoms with Gasteiger partial charge in [-0.1, -0.05) is 12.1 Å². The molecule has 0 saturated carbocycles. The molecule has 1 fully saturated rings. The van der Waals surface area contributed by atoms with Crippen molar-refractivity contribution in [1.29, 1.82) is 5.26 Å². The Balaban J connectivity index is 1.39. The van der Waals surface area contributed by atoms with Crippen LogP contribution in [0.25, 0.3) is 16.9 Å². The first-order chi connectivity index (χ1) is 16.1. The van der Waals surface area contributed by atoms with Crippen molar-refractivity contribution in [2.75, 3.05) is 18.4 Å². The van der Waals surface area contributed by atoms with Crippen molar-refractivity contribution in [3.63, 3.8) is 0 Å². The summed E-state index contributed by atoms with van der Waals surface area (Å²) in [5.41, 5.74) is 3.88. The highest BCUT2D eigenvalue weighted by molar-refractivity contribution is 5.77. The molecule has 0 spiro atoms. The standard InChI is InChI=1S/C23H26N10/c1-16(2)33-29-22(28-30-33)18-4-3-5-20(12-18)27-23-21-19(8-11-32(21)26-15-25-23)14-31-9-6-17(13-24)7-10-31/h3-5,8,11-12,15-17H,6-7,9-10,14H2,1-2H3,(H,25,26,27). The summed E-state index contributed by atoms with van der Waals surface area (Å²) in [5.74, 6) is 1.51. The third-order valence-corrected chi connectivity index (χ3v) is 5.98. The van der Waals surface area contributed by atoms with E-state index in [1.807, 2.05) is 48.8 Å². The maximum atomic E-state index is 9.16. The van der Waals surface area contributed by atoms with E-state index >= 15 is 0 Å². The number of nitriles is 1. The summed E-state index contributed by atoms with van der Waals surface area (Å²) < 4.78 is 1.85. The second kappa shape index (κ2) is 8.96. The van der Waals surface area contributed by atoms with E-state index in [0.29, 0.717) is 5.82 Å². The van der Waals surface area contributed by atoms with Crippen LogP contribution in [0.1, 0.15) is 38.3 Å². The second-order valence-corrected chi connectivity index (χ2v) is 8.66. The highest BCUT2D eigenvalue weighted by Crippen LogP contribution is 2.27. The number of tetrazole rings is 1. The summed E-state index contributed by atoms with van der Waals surface area (Å²) in [6, 6.07) is 12.6. The van der Waals surface area contributed by atoms with E-state index in [4.69, 9.17) is 5.26 Å². The van der Waals surface area contributed by atoms with E-state index in [-0.39, 0.29) is 12.0 Å². The normalized spacial score (nSPS) is 15.2. The highest BCUT2D eigenvalue weighted by Gasteiger charge is 2.20. The molecule has 1 N–H and O–H groups in total. The van der Waals surface area contributed by atoms with E-state index < -0.39 is 0 Å². The Hall–Kier alpha value is -3.84. The zero-order valence-corrected chi connectivity index (χ0v) is 18.8. The van der Waals surface area contributed by atoms with E-state index in [2.05, 4.69) is 47.8 Å². The molecule has 0 atom stereocenters. The zero-order chi connectivity index (χ0) is 22.8. The first-order valence-electron chi connectivity index (χ1n) is 11.2. The number of fused-ring (bicyclic) bond motifs is 1. The fourth-order valence-corrected chi connectivity index (χ4v) is 4.13. The average Bonchev–Trinajstić information content (AvgIpc) is 3.49. The molecule has 1 saturated heterocycles. The minimum absolute atomic E-state index is 0.153. The fraction of sp³-hybridized carbons (Fsp3) is 0.391. The number of anilines is 2. The molecular formula is C23H26N10. The van der Waals surface area contributed by atoms with Crippen molar-refractivity contribution in [3.8, 4) is 17.5 Å². The molecule has 4 heterocycles. The van der Waals surface area contributed by atoms with Gasteiger partial charge in [-0.25, -0.2) is 9.50 Å². The Labute approximate surface area is 191 Å². The van der Waals surface area contributed by atoms with Gasteiger partial charge in [-0.05, 0) is 68.8 Å². The van der Waals surface area contributed by atoms with E-state index in [9.17, 15) is 0 Å². The Morgan fingerprint density at radius 3 is 2.82 bits per heavy atom. The molecule has 33 heavy (non-hydrogen) atoms. The number of rotatable bonds is 6. The smallest absolute Gasteiger partial charge is 0.205 e. The second-order valence-electron chi connectivity index (χ2n) is 8.66. The minimum Gasteiger partial charge on any atom is -0.338 e. The lowest BCUT2D eigenvalue weighted by molar-refractivity contribution is 0.199. The van der Waals surface area contributed by atoms with Crippen molar-refractivity contribution >= 4 is 17.0 Å². The summed E-state index contributed by atoms with van der Waals surface area (Å²) in [6.07, 6.45) is 5.36. The first-order valence-corrected chi connectivity index (χ1v) is 11.2. The topological polar surface area (TPSA) is 113 Å². The molecular weight excluding hydrogens is 416 g/mol. The molecule has 10 nitrogen and oxygen atoms in total. The van der Waals surface area contributed by atoms with Crippen molar-refractivity contribution in [1.82, 2.24) is 39.7 Å². The van der Waals surface area contributed by atoms with E-state index in [1.54, 1.807) is 11.1 Å². The molecule has 10 heteroatoms. The van der Waals surface area contributed by atoms with Crippen LogP contribution in [0.4, 0.5) is 11.5 Å². The molecule has 1 aliphatic heterocycles. The number of nitrogens with one attached hydrogen (secondary N) is 1. The summed E-state index contributed by atoms with van der Waals surface area (Å²) >= 11 is 0. The lowest BCUT2D eigenvalue weighted by atomic mass is 9.98. The van der Waals surface area contributed by atoms with Crippen molar-refractivity contribution < 1.29 is 0 Å². The van der Waals surface area contributed by atoms with Crippen LogP contribution in [0.15, 0.2) is 42.9 Å². The number of hydrogen-bond donors (Lipinski definition) is 1. The molecule has 0 bridgehead atoms. The molecule has 1 aromatic carbocycles. The maximum absolute atomic E-state index is 9.16. The van der Waals surface area contributed by atoms with Crippen LogP contribution in [0.5, 0.6) is 0 Å². The summed E-state index contributed by atoms with van der Waals surface area (Å²) in [6.45, 7) is 6.70. The number of hydrogen-bond acceptors (Lipinski definition) is 8. The third kappa shape index (κ3) is 4.40. The zero-order valence-electron chi connectivity index (χ0n) is 18.8. The molecule has 0 aliphatic carbocycles. The molecule has 3 aromatic heterocycles. The fourth-order valence-electron chi connectivity index (χ4n) is 4.13. The van der Waals surface area contributed by atoms with Crippen molar-refractivity contribution in [2.24, 2.45) is 5.92 Å². The minimum atomic E-state index is 0.153. The van der Waals surface area contributed by atoms with Gasteiger partial charge >= 0.3 is 0 Å². The van der Waals surface area contributed by atoms with Gasteiger partial charge < -0.3 is 5.32 Å². The van der Waals surface area contributed by atoms with Gasteiger partial charge in [0.1, 0.15) is 11.8 Å². The molecule has 4 aromatic rings. The van der Waals surface area contributed by atoms with Gasteiger partial charge in [0.25, 0.3) is 0 Å². The quantitative estimate of drug-likeness (QED) is 0.483. The lowest BCUT2D eigenvalue weighted by Crippen LogP contribution is -2.32. The lowest BCUT2D eigenvalue weighted by Gasteiger charge is -2.28. The molecule has 5 rings (SSSR count). The van der Waals surface area contributed by atoms with E-state index in [1.165, 1.54) is 0 Å². The van der Waals surface area contributed by atoms with Crippen LogP contribution in [0.2, 0.25) is 0 Å². The van der Waals surface area contributed by atoms with Crippen LogP contribution in [0.3, 0.4) is 0 Å². The van der Waals surface area contributed by atoms with Gasteiger partial charge in [0, 0.05) is 29.9 Å². The molecule has 0 amide bonds. The number of benzene rings is 1. The van der Waals surface area contributed by atoms with Gasteiger partial charge in [-0.2, -0.15) is 15.2 Å².